The van der Waals surface area contributed by atoms with E-state index in [4.69, 9.17) is 5.11 Å². The van der Waals surface area contributed by atoms with E-state index in [0.29, 0.717) is 0 Å². The lowest BCUT2D eigenvalue weighted by atomic mass is 10.1. The first-order valence-electron chi connectivity index (χ1n) is 7.01. The molecule has 0 radical (unpaired) electrons. The first kappa shape index (κ1) is 14.4. The molecule has 0 saturated carbocycles. The third-order valence-electron chi connectivity index (χ3n) is 3.28. The summed E-state index contributed by atoms with van der Waals surface area (Å²) in [5, 5.41) is 13.5. The minimum absolute atomic E-state index is 0.115. The van der Waals surface area contributed by atoms with Crippen molar-refractivity contribution in [3.8, 4) is 11.8 Å². The lowest BCUT2D eigenvalue weighted by Crippen LogP contribution is -2.07. The zero-order valence-electron chi connectivity index (χ0n) is 12.1. The summed E-state index contributed by atoms with van der Waals surface area (Å²) >= 11 is 0. The molecule has 20 heavy (non-hydrogen) atoms. The van der Waals surface area contributed by atoms with Gasteiger partial charge in [0.25, 0.3) is 0 Å². The molecular formula is C17H20N2O. The maximum Gasteiger partial charge on any atom is 0.104 e. The molecular weight excluding hydrogens is 248 g/mol. The minimum atomic E-state index is -0.115. The Morgan fingerprint density at radius 2 is 2.00 bits per heavy atom. The van der Waals surface area contributed by atoms with Crippen LogP contribution in [0.4, 0.5) is 0 Å². The van der Waals surface area contributed by atoms with Gasteiger partial charge in [0.15, 0.2) is 0 Å². The highest BCUT2D eigenvalue weighted by atomic mass is 16.2. The second-order valence-electron chi connectivity index (χ2n) is 4.61. The van der Waals surface area contributed by atoms with E-state index in [-0.39, 0.29) is 6.61 Å². The van der Waals surface area contributed by atoms with Crippen LogP contribution in [0.3, 0.4) is 0 Å². The topological polar surface area (TPSA) is 38.0 Å². The van der Waals surface area contributed by atoms with Gasteiger partial charge in [-0.15, -0.1) is 0 Å². The van der Waals surface area contributed by atoms with E-state index in [9.17, 15) is 0 Å². The maximum atomic E-state index is 8.83. The second-order valence-corrected chi connectivity index (χ2v) is 4.61. The van der Waals surface area contributed by atoms with Crippen LogP contribution < -0.4 is 0 Å². The molecule has 104 valence electrons. The van der Waals surface area contributed by atoms with E-state index in [0.717, 1.165) is 36.2 Å². The number of hydrogen-bond donors (Lipinski definition) is 1. The van der Waals surface area contributed by atoms with Gasteiger partial charge in [0.2, 0.25) is 0 Å². The van der Waals surface area contributed by atoms with Crippen molar-refractivity contribution < 1.29 is 5.11 Å². The Morgan fingerprint density at radius 1 is 1.20 bits per heavy atom. The predicted octanol–water partition coefficient (Wildman–Crippen LogP) is 2.40. The van der Waals surface area contributed by atoms with E-state index in [1.807, 2.05) is 18.2 Å². The van der Waals surface area contributed by atoms with Gasteiger partial charge in [-0.2, -0.15) is 5.10 Å². The molecule has 0 atom stereocenters. The summed E-state index contributed by atoms with van der Waals surface area (Å²) < 4.78 is 2.05. The highest BCUT2D eigenvalue weighted by Gasteiger charge is 2.07. The van der Waals surface area contributed by atoms with Crippen LogP contribution in [-0.2, 0) is 19.4 Å². The molecule has 0 spiro atoms. The van der Waals surface area contributed by atoms with Crippen molar-refractivity contribution in [3.63, 3.8) is 0 Å². The van der Waals surface area contributed by atoms with E-state index in [1.165, 1.54) is 5.69 Å². The van der Waals surface area contributed by atoms with Gasteiger partial charge in [0.1, 0.15) is 6.61 Å². The number of hydrogen-bond acceptors (Lipinski definition) is 2. The highest BCUT2D eigenvalue weighted by molar-refractivity contribution is 5.41. The number of aryl methyl sites for hydroxylation is 2. The van der Waals surface area contributed by atoms with Crippen LogP contribution in [0.5, 0.6) is 0 Å². The van der Waals surface area contributed by atoms with Crippen LogP contribution in [0.15, 0.2) is 30.3 Å². The maximum absolute atomic E-state index is 8.83. The normalized spacial score (nSPS) is 10.2. The summed E-state index contributed by atoms with van der Waals surface area (Å²) in [7, 11) is 0. The Labute approximate surface area is 120 Å². The minimum Gasteiger partial charge on any atom is -0.384 e. The monoisotopic (exact) mass is 268 g/mol. The first-order valence-corrected chi connectivity index (χ1v) is 7.01. The zero-order chi connectivity index (χ0) is 14.4. The zero-order valence-corrected chi connectivity index (χ0v) is 12.1. The molecule has 1 aromatic carbocycles. The van der Waals surface area contributed by atoms with Crippen molar-refractivity contribution in [2.75, 3.05) is 6.61 Å². The average Bonchev–Trinajstić information content (AvgIpc) is 2.88. The molecule has 3 heteroatoms. The van der Waals surface area contributed by atoms with Gasteiger partial charge in [-0.05, 0) is 30.5 Å². The van der Waals surface area contributed by atoms with Gasteiger partial charge in [0.05, 0.1) is 12.2 Å². The Kier molecular flexibility index (Phi) is 4.97. The van der Waals surface area contributed by atoms with E-state index >= 15 is 0 Å². The number of rotatable bonds is 4. The van der Waals surface area contributed by atoms with E-state index in [2.05, 4.69) is 47.6 Å². The lowest BCUT2D eigenvalue weighted by Gasteiger charge is -2.08. The molecule has 1 N–H and O–H groups in total. The molecule has 1 heterocycles. The SMILES string of the molecule is CCc1cc(CC)n(Cc2ccccc2C#CCO)n1. The Bertz CT molecular complexity index is 632. The van der Waals surface area contributed by atoms with E-state index in [1.54, 1.807) is 0 Å². The third-order valence-corrected chi connectivity index (χ3v) is 3.28. The van der Waals surface area contributed by atoms with Gasteiger partial charge >= 0.3 is 0 Å². The molecule has 0 unspecified atom stereocenters. The number of aliphatic hydroxyl groups excluding tert-OH is 1. The first-order chi connectivity index (χ1) is 9.78. The van der Waals surface area contributed by atoms with Crippen molar-refractivity contribution in [3.05, 3.63) is 52.8 Å². The van der Waals surface area contributed by atoms with Crippen molar-refractivity contribution in [2.45, 2.75) is 33.2 Å². The molecule has 0 aliphatic rings. The third kappa shape index (κ3) is 3.28. The number of benzene rings is 1. The largest absolute Gasteiger partial charge is 0.384 e. The van der Waals surface area contributed by atoms with Gasteiger partial charge in [-0.25, -0.2) is 0 Å². The molecule has 2 aromatic rings. The fourth-order valence-electron chi connectivity index (χ4n) is 2.19. The number of aromatic nitrogens is 2. The molecule has 0 aliphatic heterocycles. The summed E-state index contributed by atoms with van der Waals surface area (Å²) in [6.45, 7) is 4.87. The average molecular weight is 268 g/mol. The molecule has 0 fully saturated rings. The smallest absolute Gasteiger partial charge is 0.104 e. The molecule has 0 saturated heterocycles. The van der Waals surface area contributed by atoms with Crippen molar-refractivity contribution in [1.29, 1.82) is 0 Å². The Balaban J connectivity index is 2.32. The summed E-state index contributed by atoms with van der Waals surface area (Å²) in [6, 6.07) is 10.2. The van der Waals surface area contributed by atoms with Crippen molar-refractivity contribution in [1.82, 2.24) is 9.78 Å². The van der Waals surface area contributed by atoms with Gasteiger partial charge in [-0.3, -0.25) is 4.68 Å². The van der Waals surface area contributed by atoms with Crippen LogP contribution in [0.1, 0.15) is 36.4 Å². The predicted molar refractivity (Wildman–Crippen MR) is 80.5 cm³/mol. The lowest BCUT2D eigenvalue weighted by molar-refractivity contribution is 0.350. The summed E-state index contributed by atoms with van der Waals surface area (Å²) in [5.74, 6) is 5.71. The number of nitrogens with zero attached hydrogens (tertiary/aromatic N) is 2. The highest BCUT2D eigenvalue weighted by Crippen LogP contribution is 2.13. The summed E-state index contributed by atoms with van der Waals surface area (Å²) in [4.78, 5) is 0. The standard InChI is InChI=1S/C17H20N2O/c1-3-16-12-17(4-2)19(18-16)13-15-9-6-5-8-14(15)10-7-11-20/h5-6,8-9,12,20H,3-4,11,13H2,1-2H3. The molecule has 3 nitrogen and oxygen atoms in total. The van der Waals surface area contributed by atoms with E-state index < -0.39 is 0 Å². The molecule has 0 amide bonds. The van der Waals surface area contributed by atoms with Gasteiger partial charge in [0, 0.05) is 11.3 Å². The Morgan fingerprint density at radius 3 is 2.70 bits per heavy atom. The molecule has 0 aliphatic carbocycles. The van der Waals surface area contributed by atoms with Crippen LogP contribution >= 0.6 is 0 Å². The summed E-state index contributed by atoms with van der Waals surface area (Å²) in [6.07, 6.45) is 1.92. The van der Waals surface area contributed by atoms with Crippen LogP contribution in [0.2, 0.25) is 0 Å². The van der Waals surface area contributed by atoms with Gasteiger partial charge in [-0.1, -0.05) is 43.9 Å². The second kappa shape index (κ2) is 6.93. The van der Waals surface area contributed by atoms with Crippen LogP contribution in [0, 0.1) is 11.8 Å². The van der Waals surface area contributed by atoms with Crippen molar-refractivity contribution in [2.24, 2.45) is 0 Å². The quantitative estimate of drug-likeness (QED) is 0.865. The number of aliphatic hydroxyl groups is 1. The Hall–Kier alpha value is -2.05. The molecule has 0 bridgehead atoms. The molecule has 2 rings (SSSR count). The van der Waals surface area contributed by atoms with Gasteiger partial charge < -0.3 is 5.11 Å². The fourth-order valence-corrected chi connectivity index (χ4v) is 2.19. The van der Waals surface area contributed by atoms with Crippen LogP contribution in [0.25, 0.3) is 0 Å². The van der Waals surface area contributed by atoms with Crippen LogP contribution in [-0.4, -0.2) is 21.5 Å². The van der Waals surface area contributed by atoms with Crippen molar-refractivity contribution >= 4 is 0 Å². The summed E-state index contributed by atoms with van der Waals surface area (Å²) in [5.41, 5.74) is 4.46. The molecule has 1 aromatic heterocycles. The fraction of sp³-hybridized carbons (Fsp3) is 0.353.